The fourth-order valence-electron chi connectivity index (χ4n) is 3.56. The minimum absolute atomic E-state index is 0.280. The first-order valence-electron chi connectivity index (χ1n) is 10.5. The number of rotatable bonds is 7. The number of hydrogen-bond donors (Lipinski definition) is 3. The van der Waals surface area contributed by atoms with Crippen LogP contribution in [-0.4, -0.2) is 47.7 Å². The highest BCUT2D eigenvalue weighted by Crippen LogP contribution is 2.26. The van der Waals surface area contributed by atoms with E-state index in [2.05, 4.69) is 31.7 Å². The summed E-state index contributed by atoms with van der Waals surface area (Å²) < 4.78 is 13.8. The molecule has 0 radical (unpaired) electrons. The Kier molecular flexibility index (Phi) is 6.50. The average molecular weight is 467 g/mol. The molecule has 0 bridgehead atoms. The van der Waals surface area contributed by atoms with E-state index < -0.39 is 16.6 Å². The van der Waals surface area contributed by atoms with Crippen molar-refractivity contribution >= 4 is 40.5 Å². The van der Waals surface area contributed by atoms with Gasteiger partial charge in [-0.1, -0.05) is 12.1 Å². The van der Waals surface area contributed by atoms with Crippen LogP contribution in [0, 0.1) is 0 Å². The third kappa shape index (κ3) is 5.41. The predicted molar refractivity (Wildman–Crippen MR) is 128 cm³/mol. The number of nitrogens with one attached hydrogen (secondary N) is 2. The molecule has 0 amide bonds. The number of carbonyl (C=O) groups is 1. The van der Waals surface area contributed by atoms with Gasteiger partial charge >= 0.3 is 0 Å². The molecule has 1 unspecified atom stereocenters. The molecular weight excluding hydrogens is 440 g/mol. The number of fused-ring (bicyclic) bond motifs is 1. The monoisotopic (exact) mass is 466 g/mol. The number of nitrogens with zero attached hydrogens (tertiary/aromatic N) is 4. The summed E-state index contributed by atoms with van der Waals surface area (Å²) in [6, 6.07) is 11.2. The van der Waals surface area contributed by atoms with Gasteiger partial charge in [-0.2, -0.15) is 4.98 Å². The number of carbonyl (C=O) groups excluding carboxylic acids is 1. The molecule has 0 spiro atoms. The van der Waals surface area contributed by atoms with E-state index in [0.717, 1.165) is 24.2 Å². The molecule has 1 aliphatic rings. The molecule has 10 heteroatoms. The summed E-state index contributed by atoms with van der Waals surface area (Å²) in [7, 11) is -1.01. The van der Waals surface area contributed by atoms with Crippen molar-refractivity contribution in [1.82, 2.24) is 19.3 Å². The highest BCUT2D eigenvalue weighted by molar-refractivity contribution is 7.81. The van der Waals surface area contributed by atoms with Crippen molar-refractivity contribution in [2.45, 2.75) is 32.4 Å². The van der Waals surface area contributed by atoms with E-state index in [0.29, 0.717) is 36.1 Å². The van der Waals surface area contributed by atoms with Gasteiger partial charge in [0.15, 0.2) is 6.29 Å². The zero-order valence-corrected chi connectivity index (χ0v) is 19.5. The Labute approximate surface area is 194 Å². The van der Waals surface area contributed by atoms with Gasteiger partial charge in [-0.05, 0) is 55.7 Å². The van der Waals surface area contributed by atoms with Crippen molar-refractivity contribution in [2.24, 2.45) is 0 Å². The lowest BCUT2D eigenvalue weighted by Crippen LogP contribution is -2.31. The summed E-state index contributed by atoms with van der Waals surface area (Å²) in [5, 5.41) is 16.4. The molecule has 9 nitrogen and oxygen atoms in total. The number of benzene rings is 1. The van der Waals surface area contributed by atoms with Crippen LogP contribution in [0.3, 0.4) is 0 Å². The van der Waals surface area contributed by atoms with Crippen LogP contribution in [0.4, 0.5) is 23.3 Å². The maximum atomic E-state index is 11.9. The molecule has 1 atom stereocenters. The molecular formula is C23H26N6O3S. The minimum atomic E-state index is -1.10. The van der Waals surface area contributed by atoms with E-state index in [9.17, 15) is 14.1 Å². The van der Waals surface area contributed by atoms with Gasteiger partial charge in [0.2, 0.25) is 5.95 Å². The third-order valence-electron chi connectivity index (χ3n) is 5.37. The van der Waals surface area contributed by atoms with Gasteiger partial charge in [-0.15, -0.1) is 0 Å². The molecule has 0 saturated carbocycles. The van der Waals surface area contributed by atoms with E-state index in [1.807, 2.05) is 16.4 Å². The Hall–Kier alpha value is -3.21. The molecule has 1 aliphatic heterocycles. The minimum Gasteiger partial charge on any atom is -0.384 e. The van der Waals surface area contributed by atoms with Crippen LogP contribution in [0.1, 0.15) is 41.0 Å². The number of aromatic nitrogens is 3. The van der Waals surface area contributed by atoms with Crippen LogP contribution < -0.4 is 10.6 Å². The van der Waals surface area contributed by atoms with E-state index in [1.165, 1.54) is 11.8 Å². The van der Waals surface area contributed by atoms with Gasteiger partial charge in [0.25, 0.3) is 0 Å². The maximum absolute atomic E-state index is 11.9. The fraction of sp³-hybridized carbons (Fsp3) is 0.304. The molecule has 172 valence electrons. The second kappa shape index (κ2) is 9.34. The normalized spacial score (nSPS) is 14.9. The highest BCUT2D eigenvalue weighted by Gasteiger charge is 2.20. The van der Waals surface area contributed by atoms with E-state index >= 15 is 0 Å². The molecule has 1 aromatic carbocycles. The lowest BCUT2D eigenvalue weighted by Gasteiger charge is -2.26. The molecule has 0 saturated heterocycles. The van der Waals surface area contributed by atoms with Crippen molar-refractivity contribution in [2.75, 3.05) is 23.4 Å². The van der Waals surface area contributed by atoms with Gasteiger partial charge in [-0.25, -0.2) is 18.5 Å². The summed E-state index contributed by atoms with van der Waals surface area (Å²) >= 11 is 0. The van der Waals surface area contributed by atoms with Crippen LogP contribution >= 0.6 is 0 Å². The zero-order valence-electron chi connectivity index (χ0n) is 18.7. The standard InChI is InChI=1S/C23H26N6O3S/c1-23(2,31)19-5-4-6-20(26-19)27-21-17(14-30)12-24-22(28-21)25-18-8-7-15-9-10-29(33(3)32)13-16(15)11-18/h4-8,11-12,14,31H,9-10,13H2,1-3H3,(H2,24,25,26,27,28). The molecule has 4 rings (SSSR count). The van der Waals surface area contributed by atoms with Crippen LogP contribution in [0.2, 0.25) is 0 Å². The number of anilines is 4. The Morgan fingerprint density at radius 1 is 1.15 bits per heavy atom. The second-order valence-corrected chi connectivity index (χ2v) is 9.72. The van der Waals surface area contributed by atoms with Crippen LogP contribution in [0.5, 0.6) is 0 Å². The smallest absolute Gasteiger partial charge is 0.229 e. The van der Waals surface area contributed by atoms with E-state index in [4.69, 9.17) is 0 Å². The molecule has 33 heavy (non-hydrogen) atoms. The largest absolute Gasteiger partial charge is 0.384 e. The SMILES string of the molecule is CS(=O)N1CCc2ccc(Nc3ncc(C=O)c(Nc4cccc(C(C)(C)O)n4)n3)cc2C1. The van der Waals surface area contributed by atoms with Crippen LogP contribution in [0.25, 0.3) is 0 Å². The Bertz CT molecular complexity index is 1210. The quantitative estimate of drug-likeness (QED) is 0.455. The maximum Gasteiger partial charge on any atom is 0.229 e. The van der Waals surface area contributed by atoms with Gasteiger partial charge in [0.05, 0.1) is 22.2 Å². The van der Waals surface area contributed by atoms with Gasteiger partial charge < -0.3 is 15.7 Å². The third-order valence-corrected chi connectivity index (χ3v) is 6.41. The van der Waals surface area contributed by atoms with Gasteiger partial charge in [0.1, 0.15) is 17.2 Å². The van der Waals surface area contributed by atoms with Crippen LogP contribution in [-0.2, 0) is 29.6 Å². The first-order chi connectivity index (χ1) is 15.7. The molecule has 0 aliphatic carbocycles. The van der Waals surface area contributed by atoms with Crippen molar-refractivity contribution in [3.8, 4) is 0 Å². The summed E-state index contributed by atoms with van der Waals surface area (Å²) in [4.78, 5) is 24.6. The molecule has 3 heterocycles. The fourth-order valence-corrected chi connectivity index (χ4v) is 4.23. The van der Waals surface area contributed by atoms with Gasteiger partial charge in [-0.3, -0.25) is 4.79 Å². The molecule has 3 N–H and O–H groups in total. The summed E-state index contributed by atoms with van der Waals surface area (Å²) in [6.07, 6.45) is 4.65. The van der Waals surface area contributed by atoms with Gasteiger partial charge in [0, 0.05) is 31.2 Å². The lowest BCUT2D eigenvalue weighted by atomic mass is 10.0. The second-order valence-electron chi connectivity index (χ2n) is 8.35. The number of pyridine rings is 1. The van der Waals surface area contributed by atoms with E-state index in [-0.39, 0.29) is 5.56 Å². The number of hydrogen-bond acceptors (Lipinski definition) is 8. The first-order valence-corrected chi connectivity index (χ1v) is 12.0. The van der Waals surface area contributed by atoms with Crippen molar-refractivity contribution in [3.05, 3.63) is 65.0 Å². The summed E-state index contributed by atoms with van der Waals surface area (Å²) in [5.74, 6) is 1.06. The molecule has 2 aromatic heterocycles. The topological polar surface area (TPSA) is 120 Å². The first kappa shape index (κ1) is 23.0. The van der Waals surface area contributed by atoms with Crippen molar-refractivity contribution in [3.63, 3.8) is 0 Å². The molecule has 3 aromatic rings. The summed E-state index contributed by atoms with van der Waals surface area (Å²) in [5.41, 5.74) is 2.81. The van der Waals surface area contributed by atoms with E-state index in [1.54, 1.807) is 38.3 Å². The number of aliphatic hydroxyl groups is 1. The van der Waals surface area contributed by atoms with Crippen LogP contribution in [0.15, 0.2) is 42.6 Å². The Morgan fingerprint density at radius 2 is 1.97 bits per heavy atom. The molecule has 0 fully saturated rings. The number of aldehydes is 1. The average Bonchev–Trinajstić information content (AvgIpc) is 2.78. The Morgan fingerprint density at radius 3 is 2.70 bits per heavy atom. The van der Waals surface area contributed by atoms with Crippen molar-refractivity contribution in [1.29, 1.82) is 0 Å². The predicted octanol–water partition coefficient (Wildman–Crippen LogP) is 3.05. The highest BCUT2D eigenvalue weighted by atomic mass is 32.2. The lowest BCUT2D eigenvalue weighted by molar-refractivity contribution is 0.0740. The zero-order chi connectivity index (χ0) is 23.6. The Balaban J connectivity index is 1.57. The van der Waals surface area contributed by atoms with Crippen molar-refractivity contribution < 1.29 is 14.1 Å². The summed E-state index contributed by atoms with van der Waals surface area (Å²) in [6.45, 7) is 4.70.